The minimum atomic E-state index is 0.595. The van der Waals surface area contributed by atoms with Crippen molar-refractivity contribution in [3.63, 3.8) is 0 Å². The Kier molecular flexibility index (Phi) is 2.85. The molecular formula is C15H16N2O2. The Hall–Kier alpha value is -2.10. The van der Waals surface area contributed by atoms with Crippen LogP contribution in [0.1, 0.15) is 17.1 Å². The zero-order valence-electron chi connectivity index (χ0n) is 11.4. The molecule has 0 saturated carbocycles. The van der Waals surface area contributed by atoms with E-state index in [0.29, 0.717) is 13.2 Å². The molecular weight excluding hydrogens is 240 g/mol. The third-order valence-electron chi connectivity index (χ3n) is 3.13. The molecule has 0 aliphatic carbocycles. The number of fused-ring (bicyclic) bond motifs is 1. The molecule has 19 heavy (non-hydrogen) atoms. The van der Waals surface area contributed by atoms with Gasteiger partial charge >= 0.3 is 0 Å². The lowest BCUT2D eigenvalue weighted by molar-refractivity contribution is 0.171. The van der Waals surface area contributed by atoms with Crippen LogP contribution >= 0.6 is 0 Å². The van der Waals surface area contributed by atoms with Gasteiger partial charge in [-0.3, -0.25) is 0 Å². The van der Waals surface area contributed by atoms with Crippen LogP contribution in [-0.2, 0) is 0 Å². The van der Waals surface area contributed by atoms with Crippen molar-refractivity contribution >= 4 is 0 Å². The van der Waals surface area contributed by atoms with E-state index in [1.807, 2.05) is 32.0 Å². The predicted octanol–water partition coefficient (Wildman–Crippen LogP) is 2.84. The Bertz CT molecular complexity index is 618. The van der Waals surface area contributed by atoms with E-state index in [9.17, 15) is 0 Å². The van der Waals surface area contributed by atoms with Gasteiger partial charge in [-0.15, -0.1) is 0 Å². The number of hydrogen-bond acceptors (Lipinski definition) is 4. The van der Waals surface area contributed by atoms with Crippen molar-refractivity contribution in [1.82, 2.24) is 9.97 Å². The lowest BCUT2D eigenvalue weighted by atomic mass is 10.0. The average Bonchev–Trinajstić information content (AvgIpc) is 2.36. The molecule has 98 valence electrons. The van der Waals surface area contributed by atoms with Crippen LogP contribution < -0.4 is 9.47 Å². The van der Waals surface area contributed by atoms with E-state index in [1.54, 1.807) is 0 Å². The number of aromatic nitrogens is 2. The molecule has 0 bridgehead atoms. The highest BCUT2D eigenvalue weighted by atomic mass is 16.6. The molecule has 0 N–H and O–H groups in total. The van der Waals surface area contributed by atoms with Gasteiger partial charge in [-0.25, -0.2) is 9.97 Å². The quantitative estimate of drug-likeness (QED) is 0.787. The van der Waals surface area contributed by atoms with Crippen LogP contribution in [0.2, 0.25) is 0 Å². The maximum atomic E-state index is 5.63. The number of ether oxygens (including phenoxy) is 2. The summed E-state index contributed by atoms with van der Waals surface area (Å²) in [5.41, 5.74) is 4.09. The highest BCUT2D eigenvalue weighted by Gasteiger charge is 2.16. The average molecular weight is 256 g/mol. The van der Waals surface area contributed by atoms with Crippen LogP contribution in [0.15, 0.2) is 18.2 Å². The van der Waals surface area contributed by atoms with Crippen LogP contribution in [0.3, 0.4) is 0 Å². The number of aryl methyl sites for hydroxylation is 3. The molecule has 2 heterocycles. The molecule has 0 unspecified atom stereocenters. The topological polar surface area (TPSA) is 44.2 Å². The summed E-state index contributed by atoms with van der Waals surface area (Å²) in [6.45, 7) is 7.14. The first-order chi connectivity index (χ1) is 9.13. The van der Waals surface area contributed by atoms with Gasteiger partial charge in [-0.2, -0.15) is 0 Å². The molecule has 0 fully saturated rings. The van der Waals surface area contributed by atoms with Gasteiger partial charge in [0.05, 0.1) is 5.69 Å². The summed E-state index contributed by atoms with van der Waals surface area (Å²) in [6.07, 6.45) is 0. The Morgan fingerprint density at radius 1 is 0.895 bits per heavy atom. The fraction of sp³-hybridized carbons (Fsp3) is 0.333. The molecule has 0 spiro atoms. The third-order valence-corrected chi connectivity index (χ3v) is 3.13. The Morgan fingerprint density at radius 3 is 2.26 bits per heavy atom. The number of benzene rings is 1. The predicted molar refractivity (Wildman–Crippen MR) is 72.7 cm³/mol. The van der Waals surface area contributed by atoms with Crippen molar-refractivity contribution in [2.45, 2.75) is 20.8 Å². The maximum absolute atomic E-state index is 5.63. The fourth-order valence-corrected chi connectivity index (χ4v) is 2.32. The first-order valence-corrected chi connectivity index (χ1v) is 6.36. The van der Waals surface area contributed by atoms with E-state index in [-0.39, 0.29) is 0 Å². The third kappa shape index (κ3) is 2.26. The summed E-state index contributed by atoms with van der Waals surface area (Å²) in [5.74, 6) is 2.39. The van der Waals surface area contributed by atoms with Crippen LogP contribution in [0, 0.1) is 20.8 Å². The molecule has 4 heteroatoms. The first kappa shape index (κ1) is 12.0. The van der Waals surface area contributed by atoms with E-state index >= 15 is 0 Å². The molecule has 0 amide bonds. The number of hydrogen-bond donors (Lipinski definition) is 0. The van der Waals surface area contributed by atoms with Crippen LogP contribution in [0.25, 0.3) is 11.3 Å². The standard InChI is InChI=1S/C15H16N2O2/c1-9-6-14-15(19-5-4-18-14)8-12(9)13-7-10(2)16-11(3)17-13/h6-8H,4-5H2,1-3H3. The van der Waals surface area contributed by atoms with Gasteiger partial charge in [0.25, 0.3) is 0 Å². The zero-order valence-corrected chi connectivity index (χ0v) is 11.4. The van der Waals surface area contributed by atoms with E-state index in [1.165, 1.54) is 0 Å². The summed E-state index contributed by atoms with van der Waals surface area (Å²) in [6, 6.07) is 6.01. The SMILES string of the molecule is Cc1cc(-c2cc3c(cc2C)OCCO3)nc(C)n1. The Balaban J connectivity index is 2.14. The zero-order chi connectivity index (χ0) is 13.4. The fourth-order valence-electron chi connectivity index (χ4n) is 2.32. The van der Waals surface area contributed by atoms with E-state index in [4.69, 9.17) is 9.47 Å². The largest absolute Gasteiger partial charge is 0.486 e. The van der Waals surface area contributed by atoms with Gasteiger partial charge < -0.3 is 9.47 Å². The van der Waals surface area contributed by atoms with Crippen molar-refractivity contribution in [2.75, 3.05) is 13.2 Å². The lowest BCUT2D eigenvalue weighted by Crippen LogP contribution is -2.15. The molecule has 1 aromatic carbocycles. The Morgan fingerprint density at radius 2 is 1.58 bits per heavy atom. The van der Waals surface area contributed by atoms with Gasteiger partial charge in [0.1, 0.15) is 19.0 Å². The summed E-state index contributed by atoms with van der Waals surface area (Å²) in [4.78, 5) is 8.82. The summed E-state index contributed by atoms with van der Waals surface area (Å²) >= 11 is 0. The molecule has 3 rings (SSSR count). The molecule has 1 aliphatic rings. The highest BCUT2D eigenvalue weighted by molar-refractivity contribution is 5.68. The second-order valence-electron chi connectivity index (χ2n) is 4.75. The van der Waals surface area contributed by atoms with Crippen molar-refractivity contribution < 1.29 is 9.47 Å². The van der Waals surface area contributed by atoms with Gasteiger partial charge in [-0.05, 0) is 44.5 Å². The van der Waals surface area contributed by atoms with Crippen molar-refractivity contribution in [3.05, 3.63) is 35.3 Å². The van der Waals surface area contributed by atoms with E-state index in [2.05, 4.69) is 16.9 Å². The summed E-state index contributed by atoms with van der Waals surface area (Å²) < 4.78 is 11.2. The second-order valence-corrected chi connectivity index (χ2v) is 4.75. The molecule has 1 aliphatic heterocycles. The maximum Gasteiger partial charge on any atom is 0.162 e. The van der Waals surface area contributed by atoms with Crippen molar-refractivity contribution in [2.24, 2.45) is 0 Å². The molecule has 0 radical (unpaired) electrons. The van der Waals surface area contributed by atoms with Gasteiger partial charge in [0.15, 0.2) is 11.5 Å². The molecule has 0 atom stereocenters. The summed E-state index contributed by atoms with van der Waals surface area (Å²) in [5, 5.41) is 0. The van der Waals surface area contributed by atoms with Crippen LogP contribution in [0.5, 0.6) is 11.5 Å². The molecule has 1 aromatic heterocycles. The Labute approximate surface area is 112 Å². The van der Waals surface area contributed by atoms with Gasteiger partial charge in [-0.1, -0.05) is 0 Å². The molecule has 0 saturated heterocycles. The van der Waals surface area contributed by atoms with Crippen molar-refractivity contribution in [1.29, 1.82) is 0 Å². The second kappa shape index (κ2) is 4.53. The monoisotopic (exact) mass is 256 g/mol. The highest BCUT2D eigenvalue weighted by Crippen LogP contribution is 2.36. The lowest BCUT2D eigenvalue weighted by Gasteiger charge is -2.20. The van der Waals surface area contributed by atoms with Crippen LogP contribution in [0.4, 0.5) is 0 Å². The smallest absolute Gasteiger partial charge is 0.162 e. The number of rotatable bonds is 1. The number of nitrogens with zero attached hydrogens (tertiary/aromatic N) is 2. The van der Waals surface area contributed by atoms with E-state index < -0.39 is 0 Å². The van der Waals surface area contributed by atoms with E-state index in [0.717, 1.165) is 39.8 Å². The van der Waals surface area contributed by atoms with Crippen molar-refractivity contribution in [3.8, 4) is 22.8 Å². The van der Waals surface area contributed by atoms with Crippen LogP contribution in [-0.4, -0.2) is 23.2 Å². The molecule has 2 aromatic rings. The minimum Gasteiger partial charge on any atom is -0.486 e. The summed E-state index contributed by atoms with van der Waals surface area (Å²) in [7, 11) is 0. The minimum absolute atomic E-state index is 0.595. The van der Waals surface area contributed by atoms with Gasteiger partial charge in [0.2, 0.25) is 0 Å². The van der Waals surface area contributed by atoms with Gasteiger partial charge in [0, 0.05) is 11.3 Å². The first-order valence-electron chi connectivity index (χ1n) is 6.36. The molecule has 4 nitrogen and oxygen atoms in total. The normalized spacial score (nSPS) is 13.4.